The molecule has 0 saturated heterocycles. The van der Waals surface area contributed by atoms with Gasteiger partial charge in [-0.1, -0.05) is 6.92 Å². The smallest absolute Gasteiger partial charge is 0.243 e. The molecule has 0 amide bonds. The lowest BCUT2D eigenvalue weighted by molar-refractivity contribution is 0.389. The Labute approximate surface area is 129 Å². The van der Waals surface area contributed by atoms with Crippen LogP contribution in [0.15, 0.2) is 45.7 Å². The van der Waals surface area contributed by atoms with Crippen LogP contribution in [0.4, 0.5) is 4.39 Å². The minimum Gasteiger partial charge on any atom is -0.464 e. The summed E-state index contributed by atoms with van der Waals surface area (Å²) < 4.78 is 44.7. The molecule has 2 aromatic rings. The maximum absolute atomic E-state index is 12.9. The Morgan fingerprint density at radius 1 is 1.23 bits per heavy atom. The van der Waals surface area contributed by atoms with Gasteiger partial charge in [0.1, 0.15) is 17.3 Å². The first-order valence-corrected chi connectivity index (χ1v) is 8.62. The SMILES string of the molecule is CC1CC1c1ccc(CN(C)S(=O)(=O)c2ccc(F)cc2)o1. The molecule has 4 nitrogen and oxygen atoms in total. The summed E-state index contributed by atoms with van der Waals surface area (Å²) in [5.41, 5.74) is 0. The highest BCUT2D eigenvalue weighted by atomic mass is 32.2. The third-order valence-electron chi connectivity index (χ3n) is 4.06. The molecule has 2 unspecified atom stereocenters. The number of rotatable bonds is 5. The summed E-state index contributed by atoms with van der Waals surface area (Å²) in [6.45, 7) is 2.32. The van der Waals surface area contributed by atoms with Gasteiger partial charge in [0.15, 0.2) is 0 Å². The van der Waals surface area contributed by atoms with Crippen LogP contribution in [0.3, 0.4) is 0 Å². The molecule has 0 N–H and O–H groups in total. The molecule has 1 aliphatic rings. The van der Waals surface area contributed by atoms with Gasteiger partial charge >= 0.3 is 0 Å². The molecule has 0 radical (unpaired) electrons. The molecule has 0 spiro atoms. The second-order valence-electron chi connectivity index (χ2n) is 5.84. The third-order valence-corrected chi connectivity index (χ3v) is 5.88. The van der Waals surface area contributed by atoms with E-state index >= 15 is 0 Å². The van der Waals surface area contributed by atoms with Crippen molar-refractivity contribution in [2.45, 2.75) is 30.7 Å². The molecule has 1 aromatic heterocycles. The third kappa shape index (κ3) is 2.94. The van der Waals surface area contributed by atoms with Crippen LogP contribution in [-0.2, 0) is 16.6 Å². The summed E-state index contributed by atoms with van der Waals surface area (Å²) in [6.07, 6.45) is 1.12. The van der Waals surface area contributed by atoms with Crippen molar-refractivity contribution in [2.24, 2.45) is 5.92 Å². The summed E-state index contributed by atoms with van der Waals surface area (Å²) in [6, 6.07) is 8.54. The van der Waals surface area contributed by atoms with Gasteiger partial charge in [0, 0.05) is 13.0 Å². The Hall–Kier alpha value is -1.66. The van der Waals surface area contributed by atoms with Crippen LogP contribution < -0.4 is 0 Å². The average Bonchev–Trinajstić information content (AvgIpc) is 3.02. The molecule has 1 saturated carbocycles. The van der Waals surface area contributed by atoms with E-state index in [2.05, 4.69) is 6.92 Å². The molecule has 6 heteroatoms. The topological polar surface area (TPSA) is 50.5 Å². The molecule has 3 rings (SSSR count). The van der Waals surface area contributed by atoms with Crippen LogP contribution in [0, 0.1) is 11.7 Å². The Morgan fingerprint density at radius 3 is 2.45 bits per heavy atom. The molecule has 1 heterocycles. The van der Waals surface area contributed by atoms with E-state index in [9.17, 15) is 12.8 Å². The van der Waals surface area contributed by atoms with Crippen LogP contribution in [-0.4, -0.2) is 19.8 Å². The highest BCUT2D eigenvalue weighted by molar-refractivity contribution is 7.89. The minimum atomic E-state index is -3.65. The van der Waals surface area contributed by atoms with Crippen molar-refractivity contribution in [3.63, 3.8) is 0 Å². The van der Waals surface area contributed by atoms with Crippen LogP contribution in [0.25, 0.3) is 0 Å². The number of furan rings is 1. The zero-order valence-electron chi connectivity index (χ0n) is 12.5. The van der Waals surface area contributed by atoms with Crippen molar-refractivity contribution in [3.05, 3.63) is 53.7 Å². The van der Waals surface area contributed by atoms with E-state index in [1.54, 1.807) is 0 Å². The summed E-state index contributed by atoms with van der Waals surface area (Å²) in [7, 11) is -2.17. The Bertz CT molecular complexity index is 767. The molecule has 22 heavy (non-hydrogen) atoms. The van der Waals surface area contributed by atoms with Crippen molar-refractivity contribution in [1.29, 1.82) is 0 Å². The molecular weight excluding hydrogens is 305 g/mol. The molecular formula is C16H18FNO3S. The standard InChI is InChI=1S/C16H18FNO3S/c1-11-9-15(11)16-8-5-13(21-16)10-18(2)22(19,20)14-6-3-12(17)4-7-14/h3-8,11,15H,9-10H2,1-2H3. The minimum absolute atomic E-state index is 0.0685. The van der Waals surface area contributed by atoms with Gasteiger partial charge in [-0.15, -0.1) is 0 Å². The summed E-state index contributed by atoms with van der Waals surface area (Å²) in [5.74, 6) is 2.18. The van der Waals surface area contributed by atoms with Crippen LogP contribution in [0.2, 0.25) is 0 Å². The molecule has 1 aliphatic carbocycles. The first kappa shape index (κ1) is 15.2. The first-order chi connectivity index (χ1) is 10.4. The quantitative estimate of drug-likeness (QED) is 0.848. The Kier molecular flexibility index (Phi) is 3.82. The lowest BCUT2D eigenvalue weighted by Gasteiger charge is -2.15. The highest BCUT2D eigenvalue weighted by Crippen LogP contribution is 2.47. The number of sulfonamides is 1. The van der Waals surface area contributed by atoms with Gasteiger partial charge in [-0.25, -0.2) is 12.8 Å². The van der Waals surface area contributed by atoms with Gasteiger partial charge in [-0.05, 0) is 48.7 Å². The maximum atomic E-state index is 12.9. The van der Waals surface area contributed by atoms with E-state index in [1.165, 1.54) is 23.5 Å². The van der Waals surface area contributed by atoms with Gasteiger partial charge < -0.3 is 4.42 Å². The first-order valence-electron chi connectivity index (χ1n) is 7.18. The maximum Gasteiger partial charge on any atom is 0.243 e. The molecule has 1 fully saturated rings. The molecule has 2 atom stereocenters. The monoisotopic (exact) mass is 323 g/mol. The predicted octanol–water partition coefficient (Wildman–Crippen LogP) is 3.36. The van der Waals surface area contributed by atoms with Gasteiger partial charge in [0.2, 0.25) is 10.0 Å². The Balaban J connectivity index is 1.74. The molecule has 1 aromatic carbocycles. The van der Waals surface area contributed by atoms with Gasteiger partial charge in [0.05, 0.1) is 11.4 Å². The largest absolute Gasteiger partial charge is 0.464 e. The molecule has 0 bridgehead atoms. The number of hydrogen-bond donors (Lipinski definition) is 0. The second-order valence-corrected chi connectivity index (χ2v) is 7.88. The predicted molar refractivity (Wildman–Crippen MR) is 80.3 cm³/mol. The van der Waals surface area contributed by atoms with Crippen LogP contribution >= 0.6 is 0 Å². The van der Waals surface area contributed by atoms with Crippen LogP contribution in [0.1, 0.15) is 30.8 Å². The number of nitrogens with zero attached hydrogens (tertiary/aromatic N) is 1. The van der Waals surface area contributed by atoms with Crippen LogP contribution in [0.5, 0.6) is 0 Å². The lowest BCUT2D eigenvalue weighted by Crippen LogP contribution is -2.26. The van der Waals surface area contributed by atoms with Crippen molar-refractivity contribution in [1.82, 2.24) is 4.31 Å². The van der Waals surface area contributed by atoms with Gasteiger partial charge in [-0.2, -0.15) is 4.31 Å². The average molecular weight is 323 g/mol. The van der Waals surface area contributed by atoms with E-state index in [-0.39, 0.29) is 11.4 Å². The summed E-state index contributed by atoms with van der Waals surface area (Å²) in [4.78, 5) is 0.0685. The fourth-order valence-corrected chi connectivity index (χ4v) is 3.63. The van der Waals surface area contributed by atoms with Crippen molar-refractivity contribution in [3.8, 4) is 0 Å². The number of halogens is 1. The highest BCUT2D eigenvalue weighted by Gasteiger charge is 2.36. The lowest BCUT2D eigenvalue weighted by atomic mass is 10.3. The summed E-state index contributed by atoms with van der Waals surface area (Å²) >= 11 is 0. The van der Waals surface area contributed by atoms with Crippen molar-refractivity contribution < 1.29 is 17.2 Å². The Morgan fingerprint density at radius 2 is 1.86 bits per heavy atom. The van der Waals surface area contributed by atoms with Crippen molar-refractivity contribution in [2.75, 3.05) is 7.05 Å². The van der Waals surface area contributed by atoms with E-state index < -0.39 is 15.8 Å². The zero-order chi connectivity index (χ0) is 15.9. The fraction of sp³-hybridized carbons (Fsp3) is 0.375. The second kappa shape index (κ2) is 5.52. The van der Waals surface area contributed by atoms with Crippen molar-refractivity contribution >= 4 is 10.0 Å². The number of benzene rings is 1. The zero-order valence-corrected chi connectivity index (χ0v) is 13.3. The van der Waals surface area contributed by atoms with E-state index in [1.807, 2.05) is 12.1 Å². The fourth-order valence-electron chi connectivity index (χ4n) is 2.49. The summed E-state index contributed by atoms with van der Waals surface area (Å²) in [5, 5.41) is 0. The molecule has 0 aliphatic heterocycles. The van der Waals surface area contributed by atoms with Gasteiger partial charge in [-0.3, -0.25) is 0 Å². The normalized spacial score (nSPS) is 21.3. The molecule has 118 valence electrons. The van der Waals surface area contributed by atoms with E-state index in [0.717, 1.165) is 24.3 Å². The van der Waals surface area contributed by atoms with Gasteiger partial charge in [0.25, 0.3) is 0 Å². The van der Waals surface area contributed by atoms with E-state index in [0.29, 0.717) is 17.6 Å². The number of hydrogen-bond acceptors (Lipinski definition) is 3. The van der Waals surface area contributed by atoms with E-state index in [4.69, 9.17) is 4.42 Å².